The Hall–Kier alpha value is 0.330. The van der Waals surface area contributed by atoms with Crippen molar-refractivity contribution in [3.05, 3.63) is 15.6 Å². The lowest BCUT2D eigenvalue weighted by molar-refractivity contribution is 0.878. The van der Waals surface area contributed by atoms with Crippen LogP contribution in [0, 0.1) is 0 Å². The molecule has 1 aromatic heterocycles. The topological polar surface area (TPSA) is 12.9 Å². The van der Waals surface area contributed by atoms with Gasteiger partial charge in [-0.05, 0) is 18.6 Å². The molecule has 1 aromatic rings. The van der Waals surface area contributed by atoms with E-state index in [4.69, 9.17) is 4.98 Å². The Labute approximate surface area is 106 Å². The number of thioether (sulfide) groups is 1. The maximum absolute atomic E-state index is 4.69. The van der Waals surface area contributed by atoms with Crippen LogP contribution in [0.2, 0.25) is 0 Å². The molecule has 0 atom stereocenters. The van der Waals surface area contributed by atoms with E-state index in [9.17, 15) is 0 Å². The second-order valence-corrected chi connectivity index (χ2v) is 6.03. The number of aryl methyl sites for hydroxylation is 1. The highest BCUT2D eigenvalue weighted by Crippen LogP contribution is 2.25. The van der Waals surface area contributed by atoms with Crippen LogP contribution in [0.1, 0.15) is 42.3 Å². The fourth-order valence-corrected chi connectivity index (χ4v) is 3.66. The summed E-state index contributed by atoms with van der Waals surface area (Å²) in [7, 11) is 0. The normalized spacial score (nSPS) is 10.9. The molecule has 0 aliphatic heterocycles. The van der Waals surface area contributed by atoms with Crippen LogP contribution < -0.4 is 0 Å². The predicted molar refractivity (Wildman–Crippen MR) is 75.3 cm³/mol. The highest BCUT2D eigenvalue weighted by Gasteiger charge is 2.08. The van der Waals surface area contributed by atoms with Gasteiger partial charge in [-0.15, -0.1) is 11.3 Å². The first kappa shape index (κ1) is 13.4. The summed E-state index contributed by atoms with van der Waals surface area (Å²) in [4.78, 5) is 6.06. The highest BCUT2D eigenvalue weighted by molar-refractivity contribution is 7.98. The van der Waals surface area contributed by atoms with Gasteiger partial charge in [0.2, 0.25) is 0 Å². The first-order valence-electron chi connectivity index (χ1n) is 5.47. The van der Waals surface area contributed by atoms with Crippen LogP contribution in [0.15, 0.2) is 0 Å². The summed E-state index contributed by atoms with van der Waals surface area (Å²) in [5.41, 5.74) is 1.28. The van der Waals surface area contributed by atoms with Gasteiger partial charge in [-0.3, -0.25) is 0 Å². The molecule has 4 heteroatoms. The summed E-state index contributed by atoms with van der Waals surface area (Å²) in [5, 5.41) is 1.28. The van der Waals surface area contributed by atoms with Gasteiger partial charge in [0.1, 0.15) is 5.01 Å². The van der Waals surface area contributed by atoms with Crippen molar-refractivity contribution in [1.29, 1.82) is 0 Å². The molecule has 15 heavy (non-hydrogen) atoms. The smallest absolute Gasteiger partial charge is 0.103 e. The molecule has 0 N–H and O–H groups in total. The Morgan fingerprint density at radius 3 is 2.73 bits per heavy atom. The molecule has 0 saturated heterocycles. The van der Waals surface area contributed by atoms with Crippen LogP contribution in [0.4, 0.5) is 0 Å². The zero-order valence-electron chi connectivity index (χ0n) is 9.45. The lowest BCUT2D eigenvalue weighted by atomic mass is 10.2. The molecule has 0 saturated carbocycles. The van der Waals surface area contributed by atoms with E-state index in [1.165, 1.54) is 34.2 Å². The van der Waals surface area contributed by atoms with Crippen LogP contribution >= 0.6 is 35.7 Å². The van der Waals surface area contributed by atoms with Crippen molar-refractivity contribution in [3.63, 3.8) is 0 Å². The number of thiol groups is 1. The first-order valence-corrected chi connectivity index (χ1v) is 8.08. The number of rotatable bonds is 7. The standard InChI is InChI=1S/C11H19NS3/c1-3-5-9-10(7-13)15-11(12-9)8-14-6-4-2/h13H,3-8H2,1-2H3. The summed E-state index contributed by atoms with van der Waals surface area (Å²) >= 11 is 8.18. The van der Waals surface area contributed by atoms with Crippen molar-refractivity contribution >= 4 is 35.7 Å². The average Bonchev–Trinajstić information content (AvgIpc) is 2.62. The van der Waals surface area contributed by atoms with Crippen LogP contribution in [-0.4, -0.2) is 10.7 Å². The van der Waals surface area contributed by atoms with Crippen molar-refractivity contribution in [2.75, 3.05) is 5.75 Å². The van der Waals surface area contributed by atoms with Crippen LogP contribution in [0.3, 0.4) is 0 Å². The summed E-state index contributed by atoms with van der Waals surface area (Å²) in [6.45, 7) is 4.42. The van der Waals surface area contributed by atoms with Crippen molar-refractivity contribution in [2.45, 2.75) is 44.6 Å². The molecule has 0 spiro atoms. The Bertz CT molecular complexity index is 283. The maximum atomic E-state index is 4.69. The van der Waals surface area contributed by atoms with E-state index in [0.717, 1.165) is 17.9 Å². The molecule has 1 nitrogen and oxygen atoms in total. The molecule has 0 fully saturated rings. The van der Waals surface area contributed by atoms with Gasteiger partial charge in [-0.2, -0.15) is 24.4 Å². The van der Waals surface area contributed by atoms with E-state index in [0.29, 0.717) is 0 Å². The lowest BCUT2D eigenvalue weighted by Crippen LogP contribution is -1.88. The summed E-state index contributed by atoms with van der Waals surface area (Å²) in [6, 6.07) is 0. The van der Waals surface area contributed by atoms with Gasteiger partial charge in [0.15, 0.2) is 0 Å². The van der Waals surface area contributed by atoms with Gasteiger partial charge < -0.3 is 0 Å². The number of thiazole rings is 1. The zero-order valence-corrected chi connectivity index (χ0v) is 12.0. The number of hydrogen-bond acceptors (Lipinski definition) is 4. The van der Waals surface area contributed by atoms with Gasteiger partial charge in [0, 0.05) is 16.4 Å². The minimum Gasteiger partial charge on any atom is -0.245 e. The van der Waals surface area contributed by atoms with E-state index in [1.807, 2.05) is 23.1 Å². The van der Waals surface area contributed by atoms with Crippen molar-refractivity contribution < 1.29 is 0 Å². The Morgan fingerprint density at radius 1 is 1.33 bits per heavy atom. The van der Waals surface area contributed by atoms with Crippen molar-refractivity contribution in [2.24, 2.45) is 0 Å². The highest BCUT2D eigenvalue weighted by atomic mass is 32.2. The average molecular weight is 261 g/mol. The fourth-order valence-electron chi connectivity index (χ4n) is 1.36. The minimum absolute atomic E-state index is 0.839. The third-order valence-corrected chi connectivity index (χ3v) is 5.01. The van der Waals surface area contributed by atoms with Crippen LogP contribution in [0.5, 0.6) is 0 Å². The molecule has 0 aromatic carbocycles. The van der Waals surface area contributed by atoms with E-state index in [-0.39, 0.29) is 0 Å². The quantitative estimate of drug-likeness (QED) is 0.584. The predicted octanol–water partition coefficient (Wildman–Crippen LogP) is 4.17. The van der Waals surface area contributed by atoms with Gasteiger partial charge in [-0.25, -0.2) is 4.98 Å². The van der Waals surface area contributed by atoms with E-state index in [2.05, 4.69) is 26.5 Å². The Kier molecular flexibility index (Phi) is 6.77. The largest absolute Gasteiger partial charge is 0.245 e. The molecular formula is C11H19NS3. The Morgan fingerprint density at radius 2 is 2.13 bits per heavy atom. The Balaban J connectivity index is 2.57. The molecule has 0 unspecified atom stereocenters. The van der Waals surface area contributed by atoms with Crippen LogP contribution in [-0.2, 0) is 17.9 Å². The summed E-state index contributed by atoms with van der Waals surface area (Å²) in [5.74, 6) is 3.15. The third kappa shape index (κ3) is 4.37. The fraction of sp³-hybridized carbons (Fsp3) is 0.727. The molecule has 0 aliphatic rings. The molecule has 1 heterocycles. The van der Waals surface area contributed by atoms with E-state index >= 15 is 0 Å². The second-order valence-electron chi connectivity index (χ2n) is 3.44. The zero-order chi connectivity index (χ0) is 11.1. The molecule has 0 aliphatic carbocycles. The SMILES string of the molecule is CCCSCc1nc(CCC)c(CS)s1. The van der Waals surface area contributed by atoms with Crippen molar-refractivity contribution in [1.82, 2.24) is 4.98 Å². The van der Waals surface area contributed by atoms with E-state index < -0.39 is 0 Å². The monoisotopic (exact) mass is 261 g/mol. The molecular weight excluding hydrogens is 242 g/mol. The molecule has 1 rings (SSSR count). The number of hydrogen-bond donors (Lipinski definition) is 1. The van der Waals surface area contributed by atoms with Gasteiger partial charge in [0.25, 0.3) is 0 Å². The molecule has 0 bridgehead atoms. The minimum atomic E-state index is 0.839. The maximum Gasteiger partial charge on any atom is 0.103 e. The number of aromatic nitrogens is 1. The molecule has 0 radical (unpaired) electrons. The molecule has 0 amide bonds. The first-order chi connectivity index (χ1) is 7.31. The molecule has 86 valence electrons. The lowest BCUT2D eigenvalue weighted by Gasteiger charge is -1.94. The summed E-state index contributed by atoms with van der Waals surface area (Å²) < 4.78 is 0. The van der Waals surface area contributed by atoms with Crippen LogP contribution in [0.25, 0.3) is 0 Å². The third-order valence-electron chi connectivity index (χ3n) is 2.03. The van der Waals surface area contributed by atoms with Crippen molar-refractivity contribution in [3.8, 4) is 0 Å². The van der Waals surface area contributed by atoms with E-state index in [1.54, 1.807) is 0 Å². The van der Waals surface area contributed by atoms with Gasteiger partial charge >= 0.3 is 0 Å². The second kappa shape index (κ2) is 7.58. The van der Waals surface area contributed by atoms with Gasteiger partial charge in [0.05, 0.1) is 5.69 Å². The number of nitrogens with zero attached hydrogens (tertiary/aromatic N) is 1. The van der Waals surface area contributed by atoms with Gasteiger partial charge in [-0.1, -0.05) is 20.3 Å². The summed E-state index contributed by atoms with van der Waals surface area (Å²) in [6.07, 6.45) is 3.52.